The predicted octanol–water partition coefficient (Wildman–Crippen LogP) is 3.17. The molecule has 0 spiro atoms. The molecule has 24 heavy (non-hydrogen) atoms. The highest BCUT2D eigenvalue weighted by molar-refractivity contribution is 5.89. The summed E-state index contributed by atoms with van der Waals surface area (Å²) in [5.74, 6) is -0.956. The summed E-state index contributed by atoms with van der Waals surface area (Å²) in [4.78, 5) is 13.5. The SMILES string of the molecule is COc1ccc(C(CO)N(C)C(=O)Nc2ccc(F)cc2F)cc1. The van der Waals surface area contributed by atoms with Crippen LogP contribution in [0.4, 0.5) is 19.3 Å². The van der Waals surface area contributed by atoms with Crippen molar-refractivity contribution in [3.63, 3.8) is 0 Å². The number of urea groups is 1. The lowest BCUT2D eigenvalue weighted by Crippen LogP contribution is -2.36. The normalized spacial score (nSPS) is 11.7. The lowest BCUT2D eigenvalue weighted by molar-refractivity contribution is 0.158. The third-order valence-corrected chi connectivity index (χ3v) is 3.63. The van der Waals surface area contributed by atoms with E-state index in [0.717, 1.165) is 12.1 Å². The number of benzene rings is 2. The Morgan fingerprint density at radius 2 is 1.92 bits per heavy atom. The summed E-state index contributed by atoms with van der Waals surface area (Å²) >= 11 is 0. The topological polar surface area (TPSA) is 61.8 Å². The van der Waals surface area contributed by atoms with Gasteiger partial charge in [-0.2, -0.15) is 0 Å². The molecule has 2 aromatic carbocycles. The lowest BCUT2D eigenvalue weighted by atomic mass is 10.1. The molecule has 7 heteroatoms. The fraction of sp³-hybridized carbons (Fsp3) is 0.235. The maximum Gasteiger partial charge on any atom is 0.322 e. The maximum absolute atomic E-state index is 13.6. The number of ether oxygens (including phenoxy) is 1. The number of nitrogens with one attached hydrogen (secondary N) is 1. The smallest absolute Gasteiger partial charge is 0.322 e. The fourth-order valence-corrected chi connectivity index (χ4v) is 2.21. The van der Waals surface area contributed by atoms with Crippen molar-refractivity contribution in [1.82, 2.24) is 4.90 Å². The second-order valence-corrected chi connectivity index (χ2v) is 5.14. The fourth-order valence-electron chi connectivity index (χ4n) is 2.21. The summed E-state index contributed by atoms with van der Waals surface area (Å²) in [6.45, 7) is -0.317. The van der Waals surface area contributed by atoms with Crippen molar-refractivity contribution in [3.05, 3.63) is 59.7 Å². The van der Waals surface area contributed by atoms with Crippen LogP contribution in [-0.2, 0) is 0 Å². The molecule has 5 nitrogen and oxygen atoms in total. The number of halogens is 2. The van der Waals surface area contributed by atoms with E-state index in [1.807, 2.05) is 0 Å². The van der Waals surface area contributed by atoms with E-state index < -0.39 is 23.7 Å². The predicted molar refractivity (Wildman–Crippen MR) is 86.0 cm³/mol. The monoisotopic (exact) mass is 336 g/mol. The molecule has 0 saturated heterocycles. The van der Waals surface area contributed by atoms with Crippen LogP contribution in [0.25, 0.3) is 0 Å². The largest absolute Gasteiger partial charge is 0.497 e. The molecule has 0 aromatic heterocycles. The number of carbonyl (C=O) groups excluding carboxylic acids is 1. The summed E-state index contributed by atoms with van der Waals surface area (Å²) in [7, 11) is 3.01. The first-order chi connectivity index (χ1) is 11.5. The van der Waals surface area contributed by atoms with Crippen LogP contribution < -0.4 is 10.1 Å². The van der Waals surface area contributed by atoms with Gasteiger partial charge in [0.25, 0.3) is 0 Å². The van der Waals surface area contributed by atoms with E-state index in [9.17, 15) is 18.7 Å². The van der Waals surface area contributed by atoms with Crippen LogP contribution in [0.5, 0.6) is 5.75 Å². The molecular weight excluding hydrogens is 318 g/mol. The minimum absolute atomic E-state index is 0.139. The third-order valence-electron chi connectivity index (χ3n) is 3.63. The number of methoxy groups -OCH3 is 1. The van der Waals surface area contributed by atoms with Crippen LogP contribution in [0.2, 0.25) is 0 Å². The molecule has 0 fully saturated rings. The van der Waals surface area contributed by atoms with Crippen LogP contribution in [0, 0.1) is 11.6 Å². The summed E-state index contributed by atoms with van der Waals surface area (Å²) < 4.78 is 31.6. The lowest BCUT2D eigenvalue weighted by Gasteiger charge is -2.27. The van der Waals surface area contributed by atoms with Crippen LogP contribution in [0.3, 0.4) is 0 Å². The zero-order valence-corrected chi connectivity index (χ0v) is 13.3. The highest BCUT2D eigenvalue weighted by atomic mass is 19.1. The molecule has 0 bridgehead atoms. The van der Waals surface area contributed by atoms with Gasteiger partial charge in [-0.3, -0.25) is 0 Å². The summed E-state index contributed by atoms with van der Waals surface area (Å²) in [5, 5.41) is 12.0. The Morgan fingerprint density at radius 1 is 1.25 bits per heavy atom. The number of aliphatic hydroxyl groups excluding tert-OH is 1. The van der Waals surface area contributed by atoms with Crippen LogP contribution in [0.15, 0.2) is 42.5 Å². The zero-order chi connectivity index (χ0) is 17.7. The van der Waals surface area contributed by atoms with Crippen molar-refractivity contribution < 1.29 is 23.4 Å². The first-order valence-corrected chi connectivity index (χ1v) is 7.20. The molecule has 2 aromatic rings. The van der Waals surface area contributed by atoms with Gasteiger partial charge in [-0.1, -0.05) is 12.1 Å². The van der Waals surface area contributed by atoms with Crippen LogP contribution in [-0.4, -0.2) is 36.8 Å². The van der Waals surface area contributed by atoms with Gasteiger partial charge in [-0.15, -0.1) is 0 Å². The highest BCUT2D eigenvalue weighted by Gasteiger charge is 2.22. The number of hydrogen-bond donors (Lipinski definition) is 2. The van der Waals surface area contributed by atoms with Gasteiger partial charge in [0.2, 0.25) is 0 Å². The van der Waals surface area contributed by atoms with Crippen molar-refractivity contribution in [2.75, 3.05) is 26.1 Å². The molecule has 0 heterocycles. The molecule has 128 valence electrons. The number of amides is 2. The molecule has 1 atom stereocenters. The Bertz CT molecular complexity index is 707. The van der Waals surface area contributed by atoms with E-state index in [-0.39, 0.29) is 12.3 Å². The van der Waals surface area contributed by atoms with Gasteiger partial charge in [-0.25, -0.2) is 13.6 Å². The van der Waals surface area contributed by atoms with Gasteiger partial charge in [0.15, 0.2) is 0 Å². The molecule has 0 aliphatic heterocycles. The highest BCUT2D eigenvalue weighted by Crippen LogP contribution is 2.23. The Morgan fingerprint density at radius 3 is 2.46 bits per heavy atom. The van der Waals surface area contributed by atoms with E-state index >= 15 is 0 Å². The molecule has 0 radical (unpaired) electrons. The molecule has 2 N–H and O–H groups in total. The van der Waals surface area contributed by atoms with Crippen molar-refractivity contribution in [2.24, 2.45) is 0 Å². The van der Waals surface area contributed by atoms with E-state index in [1.54, 1.807) is 24.3 Å². The molecule has 0 aliphatic carbocycles. The average Bonchev–Trinajstić information content (AvgIpc) is 2.58. The van der Waals surface area contributed by atoms with Gasteiger partial charge >= 0.3 is 6.03 Å². The molecule has 0 aliphatic rings. The van der Waals surface area contributed by atoms with Gasteiger partial charge in [0.05, 0.1) is 25.4 Å². The number of anilines is 1. The first kappa shape index (κ1) is 17.7. The van der Waals surface area contributed by atoms with Gasteiger partial charge < -0.3 is 20.1 Å². The number of rotatable bonds is 5. The van der Waals surface area contributed by atoms with Crippen molar-refractivity contribution >= 4 is 11.7 Å². The minimum atomic E-state index is -0.873. The third kappa shape index (κ3) is 3.99. The molecule has 1 unspecified atom stereocenters. The molecule has 2 amide bonds. The van der Waals surface area contributed by atoms with Crippen LogP contribution >= 0.6 is 0 Å². The minimum Gasteiger partial charge on any atom is -0.497 e. The number of aliphatic hydroxyl groups is 1. The van der Waals surface area contributed by atoms with E-state index in [2.05, 4.69) is 5.32 Å². The standard InChI is InChI=1S/C17H18F2N2O3/c1-21(16(10-22)11-3-6-13(24-2)7-4-11)17(23)20-15-8-5-12(18)9-14(15)19/h3-9,16,22H,10H2,1-2H3,(H,20,23). The van der Waals surface area contributed by atoms with Crippen LogP contribution in [0.1, 0.15) is 11.6 Å². The number of carbonyl (C=O) groups is 1. The molecule has 0 saturated carbocycles. The first-order valence-electron chi connectivity index (χ1n) is 7.20. The quantitative estimate of drug-likeness (QED) is 0.882. The second-order valence-electron chi connectivity index (χ2n) is 5.14. The van der Waals surface area contributed by atoms with Gasteiger partial charge in [0, 0.05) is 13.1 Å². The summed E-state index contributed by atoms with van der Waals surface area (Å²) in [6.07, 6.45) is 0. The second kappa shape index (κ2) is 7.74. The molecular formula is C17H18F2N2O3. The average molecular weight is 336 g/mol. The number of hydrogen-bond acceptors (Lipinski definition) is 3. The number of nitrogens with zero attached hydrogens (tertiary/aromatic N) is 1. The molecule has 2 rings (SSSR count). The van der Waals surface area contributed by atoms with Crippen molar-refractivity contribution in [1.29, 1.82) is 0 Å². The van der Waals surface area contributed by atoms with Crippen molar-refractivity contribution in [3.8, 4) is 5.75 Å². The van der Waals surface area contributed by atoms with E-state index in [1.165, 1.54) is 19.1 Å². The summed E-state index contributed by atoms with van der Waals surface area (Å²) in [6, 6.07) is 8.48. The van der Waals surface area contributed by atoms with E-state index in [4.69, 9.17) is 4.74 Å². The summed E-state index contributed by atoms with van der Waals surface area (Å²) in [5.41, 5.74) is 0.551. The van der Waals surface area contributed by atoms with Crippen molar-refractivity contribution in [2.45, 2.75) is 6.04 Å². The Hall–Kier alpha value is -2.67. The van der Waals surface area contributed by atoms with Gasteiger partial charge in [0.1, 0.15) is 17.4 Å². The Kier molecular flexibility index (Phi) is 5.70. The maximum atomic E-state index is 13.6. The zero-order valence-electron chi connectivity index (χ0n) is 13.3. The Labute approximate surface area is 138 Å². The number of likely N-dealkylation sites (N-methyl/N-ethyl adjacent to an activating group) is 1. The van der Waals surface area contributed by atoms with Gasteiger partial charge in [-0.05, 0) is 29.8 Å². The van der Waals surface area contributed by atoms with E-state index in [0.29, 0.717) is 17.4 Å². The Balaban J connectivity index is 2.14.